The molecule has 1 unspecified atom stereocenters. The number of aliphatic hydroxyl groups is 1. The van der Waals surface area contributed by atoms with Gasteiger partial charge in [-0.25, -0.2) is 15.0 Å². The normalized spacial score (nSPS) is 17.1. The first-order valence-electron chi connectivity index (χ1n) is 8.62. The lowest BCUT2D eigenvalue weighted by molar-refractivity contribution is 0.0957. The fraction of sp³-hybridized carbons (Fsp3) is 0.389. The summed E-state index contributed by atoms with van der Waals surface area (Å²) in [5, 5.41) is 10.5. The molecular weight excluding hydrogens is 316 g/mol. The molecule has 1 aromatic carbocycles. The summed E-state index contributed by atoms with van der Waals surface area (Å²) >= 11 is 0. The maximum atomic E-state index is 10.5. The van der Waals surface area contributed by atoms with Gasteiger partial charge in [-0.2, -0.15) is 0 Å². The number of benzene rings is 1. The molecule has 0 amide bonds. The third-order valence-electron chi connectivity index (χ3n) is 4.61. The number of imidazole rings is 1. The predicted molar refractivity (Wildman–Crippen MR) is 96.4 cm³/mol. The summed E-state index contributed by atoms with van der Waals surface area (Å²) < 4.78 is 2.02. The minimum absolute atomic E-state index is 0.419. The Balaban J connectivity index is 1.31. The number of hydrogen-bond donors (Lipinski definition) is 1. The summed E-state index contributed by atoms with van der Waals surface area (Å²) in [6, 6.07) is 9.83. The fourth-order valence-electron chi connectivity index (χ4n) is 3.32. The van der Waals surface area contributed by atoms with Crippen LogP contribution in [0.2, 0.25) is 0 Å². The van der Waals surface area contributed by atoms with Crippen LogP contribution < -0.4 is 4.90 Å². The first kappa shape index (κ1) is 16.0. The van der Waals surface area contributed by atoms with Crippen LogP contribution in [0.5, 0.6) is 0 Å². The van der Waals surface area contributed by atoms with Gasteiger partial charge in [0.25, 0.3) is 0 Å². The maximum Gasteiger partial charge on any atom is 0.225 e. The van der Waals surface area contributed by atoms with Crippen molar-refractivity contribution in [3.63, 3.8) is 0 Å². The van der Waals surface area contributed by atoms with E-state index in [1.165, 1.54) is 0 Å². The Hall–Kier alpha value is -2.51. The van der Waals surface area contributed by atoms with E-state index >= 15 is 0 Å². The van der Waals surface area contributed by atoms with Crippen molar-refractivity contribution in [3.05, 3.63) is 49.1 Å². The van der Waals surface area contributed by atoms with Crippen LogP contribution in [0.15, 0.2) is 49.1 Å². The Morgan fingerprint density at radius 2 is 1.68 bits per heavy atom. The Morgan fingerprint density at radius 3 is 2.48 bits per heavy atom. The number of nitrogens with zero attached hydrogens (tertiary/aromatic N) is 6. The SMILES string of the molecule is OC(CN1CCN(c2ncccn2)CC1)Cn1cnc2ccccc21. The number of anilines is 1. The molecule has 1 aliphatic rings. The molecule has 25 heavy (non-hydrogen) atoms. The molecule has 0 radical (unpaired) electrons. The van der Waals surface area contributed by atoms with Crippen LogP contribution in [0.4, 0.5) is 5.95 Å². The summed E-state index contributed by atoms with van der Waals surface area (Å²) in [5.41, 5.74) is 2.03. The van der Waals surface area contributed by atoms with E-state index in [4.69, 9.17) is 0 Å². The molecule has 0 aliphatic carbocycles. The highest BCUT2D eigenvalue weighted by Gasteiger charge is 2.21. The van der Waals surface area contributed by atoms with E-state index in [2.05, 4.69) is 24.8 Å². The lowest BCUT2D eigenvalue weighted by Crippen LogP contribution is -2.49. The smallest absolute Gasteiger partial charge is 0.225 e. The van der Waals surface area contributed by atoms with Gasteiger partial charge in [0.15, 0.2) is 0 Å². The molecule has 3 aromatic rings. The number of piperazine rings is 1. The van der Waals surface area contributed by atoms with Gasteiger partial charge in [0, 0.05) is 45.1 Å². The number of hydrogen-bond acceptors (Lipinski definition) is 6. The van der Waals surface area contributed by atoms with Crippen LogP contribution in [0.3, 0.4) is 0 Å². The Kier molecular flexibility index (Phi) is 4.58. The highest BCUT2D eigenvalue weighted by atomic mass is 16.3. The number of rotatable bonds is 5. The van der Waals surface area contributed by atoms with Crippen molar-refractivity contribution in [2.75, 3.05) is 37.6 Å². The first-order valence-corrected chi connectivity index (χ1v) is 8.62. The standard InChI is InChI=1S/C18H22N6O/c25-15(13-24-14-21-16-4-1-2-5-17(16)24)12-22-8-10-23(11-9-22)18-19-6-3-7-20-18/h1-7,14-15,25H,8-13H2. The average molecular weight is 338 g/mol. The van der Waals surface area contributed by atoms with Gasteiger partial charge in [0.2, 0.25) is 5.95 Å². The van der Waals surface area contributed by atoms with Crippen LogP contribution in [-0.2, 0) is 6.54 Å². The number of para-hydroxylation sites is 2. The minimum Gasteiger partial charge on any atom is -0.390 e. The number of aliphatic hydroxyl groups excluding tert-OH is 1. The molecule has 130 valence electrons. The van der Waals surface area contributed by atoms with E-state index in [1.807, 2.05) is 34.9 Å². The van der Waals surface area contributed by atoms with Crippen molar-refractivity contribution >= 4 is 17.0 Å². The highest BCUT2D eigenvalue weighted by Crippen LogP contribution is 2.14. The van der Waals surface area contributed by atoms with Crippen molar-refractivity contribution < 1.29 is 5.11 Å². The van der Waals surface area contributed by atoms with Crippen LogP contribution in [-0.4, -0.2) is 68.4 Å². The number of β-amino-alcohol motifs (C(OH)–C–C–N with tert-alkyl or cyclic N) is 1. The van der Waals surface area contributed by atoms with Gasteiger partial charge in [-0.3, -0.25) is 4.90 Å². The molecule has 2 aromatic heterocycles. The molecule has 1 atom stereocenters. The van der Waals surface area contributed by atoms with Gasteiger partial charge in [-0.05, 0) is 18.2 Å². The molecule has 1 fully saturated rings. The Bertz CT molecular complexity index is 813. The first-order chi connectivity index (χ1) is 12.3. The lowest BCUT2D eigenvalue weighted by Gasteiger charge is -2.35. The minimum atomic E-state index is -0.419. The number of fused-ring (bicyclic) bond motifs is 1. The fourth-order valence-corrected chi connectivity index (χ4v) is 3.32. The zero-order chi connectivity index (χ0) is 17.1. The van der Waals surface area contributed by atoms with Gasteiger partial charge in [-0.1, -0.05) is 12.1 Å². The van der Waals surface area contributed by atoms with Gasteiger partial charge in [0.1, 0.15) is 0 Å². The van der Waals surface area contributed by atoms with Gasteiger partial charge in [0.05, 0.1) is 30.0 Å². The average Bonchev–Trinajstić information content (AvgIpc) is 3.06. The van der Waals surface area contributed by atoms with Crippen LogP contribution in [0.25, 0.3) is 11.0 Å². The molecule has 1 N–H and O–H groups in total. The van der Waals surface area contributed by atoms with Crippen molar-refractivity contribution in [2.45, 2.75) is 12.6 Å². The third-order valence-corrected chi connectivity index (χ3v) is 4.61. The number of aromatic nitrogens is 4. The molecule has 4 rings (SSSR count). The molecule has 1 saturated heterocycles. The molecule has 0 saturated carbocycles. The van der Waals surface area contributed by atoms with Crippen molar-refractivity contribution in [2.24, 2.45) is 0 Å². The lowest BCUT2D eigenvalue weighted by atomic mass is 10.2. The largest absolute Gasteiger partial charge is 0.390 e. The maximum absolute atomic E-state index is 10.5. The molecule has 0 spiro atoms. The van der Waals surface area contributed by atoms with E-state index in [0.29, 0.717) is 13.1 Å². The van der Waals surface area contributed by atoms with Gasteiger partial charge in [-0.15, -0.1) is 0 Å². The predicted octanol–water partition coefficient (Wildman–Crippen LogP) is 1.01. The molecule has 1 aliphatic heterocycles. The van der Waals surface area contributed by atoms with Crippen LogP contribution in [0.1, 0.15) is 0 Å². The van der Waals surface area contributed by atoms with Crippen molar-refractivity contribution in [1.29, 1.82) is 0 Å². The second-order valence-electron chi connectivity index (χ2n) is 6.38. The monoisotopic (exact) mass is 338 g/mol. The molecule has 7 heteroatoms. The van der Waals surface area contributed by atoms with E-state index < -0.39 is 6.10 Å². The van der Waals surface area contributed by atoms with E-state index in [1.54, 1.807) is 18.7 Å². The molecular formula is C18H22N6O. The van der Waals surface area contributed by atoms with Gasteiger partial charge < -0.3 is 14.6 Å². The van der Waals surface area contributed by atoms with E-state index in [9.17, 15) is 5.11 Å². The zero-order valence-electron chi connectivity index (χ0n) is 14.1. The quantitative estimate of drug-likeness (QED) is 0.749. The topological polar surface area (TPSA) is 70.3 Å². The summed E-state index contributed by atoms with van der Waals surface area (Å²) in [7, 11) is 0. The van der Waals surface area contributed by atoms with Crippen molar-refractivity contribution in [1.82, 2.24) is 24.4 Å². The third kappa shape index (κ3) is 3.62. The summed E-state index contributed by atoms with van der Waals surface area (Å²) in [4.78, 5) is 17.5. The van der Waals surface area contributed by atoms with E-state index in [-0.39, 0.29) is 0 Å². The van der Waals surface area contributed by atoms with Crippen molar-refractivity contribution in [3.8, 4) is 0 Å². The molecule has 3 heterocycles. The Morgan fingerprint density at radius 1 is 0.920 bits per heavy atom. The highest BCUT2D eigenvalue weighted by molar-refractivity contribution is 5.74. The Labute approximate surface area is 146 Å². The summed E-state index contributed by atoms with van der Waals surface area (Å²) in [5.74, 6) is 0.785. The summed E-state index contributed by atoms with van der Waals surface area (Å²) in [6.45, 7) is 4.79. The molecule has 0 bridgehead atoms. The molecule has 7 nitrogen and oxygen atoms in total. The van der Waals surface area contributed by atoms with Gasteiger partial charge >= 0.3 is 0 Å². The second kappa shape index (κ2) is 7.16. The van der Waals surface area contributed by atoms with Crippen LogP contribution in [0, 0.1) is 0 Å². The van der Waals surface area contributed by atoms with E-state index in [0.717, 1.165) is 43.2 Å². The van der Waals surface area contributed by atoms with Crippen LogP contribution >= 0.6 is 0 Å². The second-order valence-corrected chi connectivity index (χ2v) is 6.38. The zero-order valence-corrected chi connectivity index (χ0v) is 14.1. The summed E-state index contributed by atoms with van der Waals surface area (Å²) in [6.07, 6.45) is 4.93.